The van der Waals surface area contributed by atoms with Crippen molar-refractivity contribution in [1.29, 1.82) is 0 Å². The zero-order valence-electron chi connectivity index (χ0n) is 7.85. The van der Waals surface area contributed by atoms with E-state index in [2.05, 4.69) is 39.0 Å². The van der Waals surface area contributed by atoms with E-state index in [0.717, 1.165) is 12.2 Å². The van der Waals surface area contributed by atoms with Crippen LogP contribution >= 0.6 is 0 Å². The van der Waals surface area contributed by atoms with Gasteiger partial charge in [0.2, 0.25) is 0 Å². The molecule has 1 aliphatic rings. The highest BCUT2D eigenvalue weighted by molar-refractivity contribution is 5.44. The predicted octanol–water partition coefficient (Wildman–Crippen LogP) is 2.71. The summed E-state index contributed by atoms with van der Waals surface area (Å²) in [5.41, 5.74) is 2.59. The van der Waals surface area contributed by atoms with Crippen LogP contribution in [0.2, 0.25) is 0 Å². The minimum atomic E-state index is -0.00551. The second-order valence-corrected chi connectivity index (χ2v) is 4.10. The largest absolute Gasteiger partial charge is 0.487 e. The fourth-order valence-electron chi connectivity index (χ4n) is 1.77. The molecule has 0 spiro atoms. The third-order valence-electron chi connectivity index (χ3n) is 2.29. The van der Waals surface area contributed by atoms with E-state index in [1.165, 1.54) is 11.1 Å². The van der Waals surface area contributed by atoms with Crippen molar-refractivity contribution in [2.45, 2.75) is 32.8 Å². The molecule has 64 valence electrons. The van der Waals surface area contributed by atoms with E-state index >= 15 is 0 Å². The molecule has 1 aromatic carbocycles. The minimum absolute atomic E-state index is 0.00551. The first kappa shape index (κ1) is 7.66. The van der Waals surface area contributed by atoms with Gasteiger partial charge in [-0.05, 0) is 31.9 Å². The highest BCUT2D eigenvalue weighted by atomic mass is 16.5. The number of hydrogen-bond donors (Lipinski definition) is 0. The van der Waals surface area contributed by atoms with Gasteiger partial charge in [0.1, 0.15) is 11.4 Å². The first-order chi connectivity index (χ1) is 5.58. The van der Waals surface area contributed by atoms with Crippen LogP contribution in [0.1, 0.15) is 25.0 Å². The van der Waals surface area contributed by atoms with Crippen LogP contribution in [0, 0.1) is 6.92 Å². The molecule has 0 bridgehead atoms. The van der Waals surface area contributed by atoms with Crippen LogP contribution in [0.4, 0.5) is 0 Å². The monoisotopic (exact) mass is 162 g/mol. The van der Waals surface area contributed by atoms with Gasteiger partial charge in [-0.3, -0.25) is 0 Å². The van der Waals surface area contributed by atoms with Gasteiger partial charge in [-0.1, -0.05) is 18.2 Å². The summed E-state index contributed by atoms with van der Waals surface area (Å²) >= 11 is 0. The van der Waals surface area contributed by atoms with Gasteiger partial charge in [0.05, 0.1) is 0 Å². The zero-order chi connectivity index (χ0) is 8.77. The maximum absolute atomic E-state index is 5.83. The normalized spacial score (nSPS) is 18.6. The van der Waals surface area contributed by atoms with Gasteiger partial charge in [0, 0.05) is 6.42 Å². The van der Waals surface area contributed by atoms with E-state index in [1.807, 2.05) is 0 Å². The molecule has 1 heteroatoms. The highest BCUT2D eigenvalue weighted by Gasteiger charge is 2.30. The summed E-state index contributed by atoms with van der Waals surface area (Å²) in [6.07, 6.45) is 1.03. The van der Waals surface area contributed by atoms with Crippen molar-refractivity contribution in [2.75, 3.05) is 0 Å². The lowest BCUT2D eigenvalue weighted by Crippen LogP contribution is -2.24. The Kier molecular flexibility index (Phi) is 1.44. The summed E-state index contributed by atoms with van der Waals surface area (Å²) in [5.74, 6) is 1.10. The molecule has 12 heavy (non-hydrogen) atoms. The van der Waals surface area contributed by atoms with Crippen LogP contribution in [0.15, 0.2) is 18.2 Å². The number of hydrogen-bond acceptors (Lipinski definition) is 1. The Balaban J connectivity index is 2.48. The number of para-hydroxylation sites is 1. The lowest BCUT2D eigenvalue weighted by atomic mass is 10.0. The summed E-state index contributed by atoms with van der Waals surface area (Å²) in [6, 6.07) is 6.34. The zero-order valence-corrected chi connectivity index (χ0v) is 7.85. The Morgan fingerprint density at radius 2 is 2.08 bits per heavy atom. The summed E-state index contributed by atoms with van der Waals surface area (Å²) in [4.78, 5) is 0. The summed E-state index contributed by atoms with van der Waals surface area (Å²) < 4.78 is 5.83. The average Bonchev–Trinajstić information content (AvgIpc) is 2.25. The van der Waals surface area contributed by atoms with Crippen molar-refractivity contribution in [2.24, 2.45) is 0 Å². The first-order valence-electron chi connectivity index (χ1n) is 4.36. The number of benzene rings is 1. The van der Waals surface area contributed by atoms with E-state index in [4.69, 9.17) is 4.74 Å². The number of fused-ring (bicyclic) bond motifs is 1. The van der Waals surface area contributed by atoms with Crippen LogP contribution in [0.3, 0.4) is 0 Å². The lowest BCUT2D eigenvalue weighted by molar-refractivity contribution is 0.137. The van der Waals surface area contributed by atoms with E-state index in [0.29, 0.717) is 0 Å². The Morgan fingerprint density at radius 3 is 2.75 bits per heavy atom. The number of ether oxygens (including phenoxy) is 1. The molecule has 1 aromatic rings. The minimum Gasteiger partial charge on any atom is -0.487 e. The van der Waals surface area contributed by atoms with Crippen molar-refractivity contribution in [1.82, 2.24) is 0 Å². The van der Waals surface area contributed by atoms with Crippen molar-refractivity contribution >= 4 is 0 Å². The molecule has 0 unspecified atom stereocenters. The Bertz CT molecular complexity index is 313. The van der Waals surface area contributed by atoms with Crippen molar-refractivity contribution < 1.29 is 4.74 Å². The smallest absolute Gasteiger partial charge is 0.126 e. The van der Waals surface area contributed by atoms with Gasteiger partial charge in [-0.25, -0.2) is 0 Å². The van der Waals surface area contributed by atoms with E-state index in [1.54, 1.807) is 0 Å². The topological polar surface area (TPSA) is 9.23 Å². The van der Waals surface area contributed by atoms with Gasteiger partial charge in [-0.15, -0.1) is 0 Å². The predicted molar refractivity (Wildman–Crippen MR) is 49.6 cm³/mol. The second-order valence-electron chi connectivity index (χ2n) is 4.10. The highest BCUT2D eigenvalue weighted by Crippen LogP contribution is 2.36. The molecule has 0 amide bonds. The molecule has 0 atom stereocenters. The quantitative estimate of drug-likeness (QED) is 0.570. The Morgan fingerprint density at radius 1 is 1.33 bits per heavy atom. The molecule has 1 nitrogen and oxygen atoms in total. The molecule has 0 aromatic heterocycles. The van der Waals surface area contributed by atoms with Crippen molar-refractivity contribution in [3.63, 3.8) is 0 Å². The van der Waals surface area contributed by atoms with Gasteiger partial charge >= 0.3 is 0 Å². The Labute approximate surface area is 73.4 Å². The molecule has 0 fully saturated rings. The maximum Gasteiger partial charge on any atom is 0.126 e. The average molecular weight is 162 g/mol. The summed E-state index contributed by atoms with van der Waals surface area (Å²) in [6.45, 7) is 6.36. The molecular weight excluding hydrogens is 148 g/mol. The van der Waals surface area contributed by atoms with Gasteiger partial charge < -0.3 is 4.74 Å². The SMILES string of the molecule is Cc1cccc2c1OC(C)(C)C2. The number of aryl methyl sites for hydroxylation is 1. The van der Waals surface area contributed by atoms with Crippen molar-refractivity contribution in [3.05, 3.63) is 29.3 Å². The maximum atomic E-state index is 5.83. The van der Waals surface area contributed by atoms with Crippen molar-refractivity contribution in [3.8, 4) is 5.75 Å². The van der Waals surface area contributed by atoms with Gasteiger partial charge in [0.15, 0.2) is 0 Å². The standard InChI is InChI=1S/C11H14O/c1-8-5-4-6-9-7-11(2,3)12-10(8)9/h4-6H,7H2,1-3H3. The van der Waals surface area contributed by atoms with Crippen LogP contribution in [-0.2, 0) is 6.42 Å². The van der Waals surface area contributed by atoms with E-state index < -0.39 is 0 Å². The first-order valence-corrected chi connectivity index (χ1v) is 4.36. The summed E-state index contributed by atoms with van der Waals surface area (Å²) in [7, 11) is 0. The third kappa shape index (κ3) is 1.09. The molecule has 1 aliphatic heterocycles. The molecule has 0 aliphatic carbocycles. The molecule has 0 saturated heterocycles. The number of rotatable bonds is 0. The van der Waals surface area contributed by atoms with E-state index in [-0.39, 0.29) is 5.60 Å². The second kappa shape index (κ2) is 2.25. The molecule has 0 saturated carbocycles. The molecule has 0 radical (unpaired) electrons. The van der Waals surface area contributed by atoms with Gasteiger partial charge in [-0.2, -0.15) is 0 Å². The fraction of sp³-hybridized carbons (Fsp3) is 0.455. The molecule has 1 heterocycles. The summed E-state index contributed by atoms with van der Waals surface area (Å²) in [5, 5.41) is 0. The molecular formula is C11H14O. The van der Waals surface area contributed by atoms with Crippen LogP contribution in [0.5, 0.6) is 5.75 Å². The third-order valence-corrected chi connectivity index (χ3v) is 2.29. The van der Waals surface area contributed by atoms with Crippen LogP contribution in [0.25, 0.3) is 0 Å². The van der Waals surface area contributed by atoms with E-state index in [9.17, 15) is 0 Å². The lowest BCUT2D eigenvalue weighted by Gasteiger charge is -2.17. The van der Waals surface area contributed by atoms with Crippen LogP contribution in [-0.4, -0.2) is 5.60 Å². The van der Waals surface area contributed by atoms with Gasteiger partial charge in [0.25, 0.3) is 0 Å². The van der Waals surface area contributed by atoms with Crippen LogP contribution < -0.4 is 4.74 Å². The fourth-order valence-corrected chi connectivity index (χ4v) is 1.77. The Hall–Kier alpha value is -0.980. The molecule has 0 N–H and O–H groups in total. The molecule has 2 rings (SSSR count).